The van der Waals surface area contributed by atoms with Crippen molar-refractivity contribution in [3.05, 3.63) is 112 Å². The van der Waals surface area contributed by atoms with E-state index in [1.54, 1.807) is 36.4 Å². The molecule has 4 aromatic carbocycles. The molecule has 5 nitrogen and oxygen atoms in total. The van der Waals surface area contributed by atoms with Gasteiger partial charge in [0.2, 0.25) is 0 Å². The van der Waals surface area contributed by atoms with Crippen LogP contribution in [0.3, 0.4) is 0 Å². The van der Waals surface area contributed by atoms with Crippen molar-refractivity contribution in [3.8, 4) is 5.75 Å². The van der Waals surface area contributed by atoms with Crippen LogP contribution in [-0.4, -0.2) is 18.1 Å². The quantitative estimate of drug-likeness (QED) is 0.168. The zero-order valence-corrected chi connectivity index (χ0v) is 18.1. The lowest BCUT2D eigenvalue weighted by Gasteiger charge is -2.08. The number of rotatable bonds is 5. The number of hydrazone groups is 1. The summed E-state index contributed by atoms with van der Waals surface area (Å²) >= 11 is 11.9. The maximum Gasteiger partial charge on any atom is 0.344 e. The van der Waals surface area contributed by atoms with Gasteiger partial charge in [0.05, 0.1) is 22.4 Å². The Labute approximate surface area is 194 Å². The molecule has 0 fully saturated rings. The molecule has 0 aliphatic carbocycles. The highest BCUT2D eigenvalue weighted by atomic mass is 35.5. The molecule has 0 saturated carbocycles. The van der Waals surface area contributed by atoms with Gasteiger partial charge in [-0.15, -0.1) is 0 Å². The van der Waals surface area contributed by atoms with Crippen molar-refractivity contribution in [3.63, 3.8) is 0 Å². The number of nitrogens with one attached hydrogen (secondary N) is 1. The van der Waals surface area contributed by atoms with Crippen molar-refractivity contribution in [1.82, 2.24) is 5.43 Å². The minimum absolute atomic E-state index is 0.229. The Morgan fingerprint density at radius 3 is 2.47 bits per heavy atom. The average Bonchev–Trinajstić information content (AvgIpc) is 2.79. The van der Waals surface area contributed by atoms with Gasteiger partial charge in [-0.2, -0.15) is 5.10 Å². The molecule has 0 spiro atoms. The lowest BCUT2D eigenvalue weighted by atomic mass is 10.0. The summed E-state index contributed by atoms with van der Waals surface area (Å²) in [5.41, 5.74) is 3.78. The van der Waals surface area contributed by atoms with Crippen LogP contribution in [0.1, 0.15) is 26.3 Å². The number of ether oxygens (including phenoxy) is 1. The van der Waals surface area contributed by atoms with E-state index in [9.17, 15) is 9.59 Å². The second-order valence-electron chi connectivity index (χ2n) is 6.81. The van der Waals surface area contributed by atoms with Crippen molar-refractivity contribution in [1.29, 1.82) is 0 Å². The van der Waals surface area contributed by atoms with Crippen molar-refractivity contribution >= 4 is 52.1 Å². The predicted octanol–water partition coefficient (Wildman–Crippen LogP) is 6.13. The topological polar surface area (TPSA) is 67.8 Å². The first-order chi connectivity index (χ1) is 15.5. The smallest absolute Gasteiger partial charge is 0.344 e. The summed E-state index contributed by atoms with van der Waals surface area (Å²) in [6.07, 6.45) is 1.44. The fraction of sp³-hybridized carbons (Fsp3) is 0. The van der Waals surface area contributed by atoms with Crippen LogP contribution >= 0.6 is 23.2 Å². The normalized spacial score (nSPS) is 10.9. The summed E-state index contributed by atoms with van der Waals surface area (Å²) < 4.78 is 5.55. The average molecular weight is 463 g/mol. The molecular formula is C25H16Cl2N2O3. The van der Waals surface area contributed by atoms with Crippen molar-refractivity contribution in [2.75, 3.05) is 0 Å². The van der Waals surface area contributed by atoms with Gasteiger partial charge < -0.3 is 4.74 Å². The van der Waals surface area contributed by atoms with Gasteiger partial charge in [-0.05, 0) is 52.7 Å². The van der Waals surface area contributed by atoms with E-state index in [1.165, 1.54) is 18.3 Å². The van der Waals surface area contributed by atoms with Crippen molar-refractivity contribution in [2.45, 2.75) is 0 Å². The molecule has 4 aromatic rings. The zero-order valence-electron chi connectivity index (χ0n) is 16.6. The fourth-order valence-electron chi connectivity index (χ4n) is 3.12. The van der Waals surface area contributed by atoms with Crippen LogP contribution in [-0.2, 0) is 0 Å². The molecule has 0 aromatic heterocycles. The van der Waals surface area contributed by atoms with Gasteiger partial charge in [0.15, 0.2) is 0 Å². The number of hydrogen-bond acceptors (Lipinski definition) is 4. The van der Waals surface area contributed by atoms with Gasteiger partial charge in [-0.1, -0.05) is 71.7 Å². The first-order valence-corrected chi connectivity index (χ1v) is 10.4. The molecule has 0 bridgehead atoms. The first kappa shape index (κ1) is 21.6. The van der Waals surface area contributed by atoms with Gasteiger partial charge >= 0.3 is 5.97 Å². The van der Waals surface area contributed by atoms with E-state index in [4.69, 9.17) is 27.9 Å². The highest BCUT2D eigenvalue weighted by Gasteiger charge is 2.13. The molecule has 7 heteroatoms. The van der Waals surface area contributed by atoms with E-state index >= 15 is 0 Å². The van der Waals surface area contributed by atoms with E-state index in [1.807, 2.05) is 36.4 Å². The first-order valence-electron chi connectivity index (χ1n) is 9.60. The maximum absolute atomic E-state index is 12.7. The number of fused-ring (bicyclic) bond motifs is 1. The van der Waals surface area contributed by atoms with Gasteiger partial charge in [0.1, 0.15) is 5.75 Å². The second kappa shape index (κ2) is 9.64. The number of benzene rings is 4. The Morgan fingerprint density at radius 1 is 0.844 bits per heavy atom. The van der Waals surface area contributed by atoms with Crippen LogP contribution in [0.4, 0.5) is 0 Å². The monoisotopic (exact) mass is 462 g/mol. The maximum atomic E-state index is 12.7. The number of nitrogens with zero attached hydrogens (tertiary/aromatic N) is 1. The van der Waals surface area contributed by atoms with Gasteiger partial charge in [0.25, 0.3) is 5.91 Å². The molecule has 1 N–H and O–H groups in total. The molecule has 0 aliphatic heterocycles. The van der Waals surface area contributed by atoms with Gasteiger partial charge in [-0.25, -0.2) is 10.2 Å². The summed E-state index contributed by atoms with van der Waals surface area (Å²) in [5, 5.41) is 6.39. The van der Waals surface area contributed by atoms with E-state index in [0.29, 0.717) is 21.9 Å². The molecule has 0 radical (unpaired) electrons. The van der Waals surface area contributed by atoms with Crippen LogP contribution < -0.4 is 10.2 Å². The number of halogens is 2. The summed E-state index contributed by atoms with van der Waals surface area (Å²) in [6, 6.07) is 24.5. The summed E-state index contributed by atoms with van der Waals surface area (Å²) in [7, 11) is 0. The third kappa shape index (κ3) is 4.97. The molecule has 0 aliphatic rings. The van der Waals surface area contributed by atoms with Crippen LogP contribution in [0.2, 0.25) is 10.0 Å². The standard InChI is InChI=1S/C25H16Cl2N2O3/c26-18-11-12-22(23(27)14-18)24(30)29-28-15-16-5-3-8-19(13-16)32-25(31)21-10-4-7-17-6-1-2-9-20(17)21/h1-15H,(H,29,30)/b28-15-. The highest BCUT2D eigenvalue weighted by molar-refractivity contribution is 6.36. The molecule has 0 heterocycles. The SMILES string of the molecule is O=C(N/N=C\c1cccc(OC(=O)c2cccc3ccccc23)c1)c1ccc(Cl)cc1Cl. The van der Waals surface area contributed by atoms with Crippen LogP contribution in [0.25, 0.3) is 10.8 Å². The van der Waals surface area contributed by atoms with Crippen molar-refractivity contribution < 1.29 is 14.3 Å². The Hall–Kier alpha value is -3.67. The fourth-order valence-corrected chi connectivity index (χ4v) is 3.62. The Bertz CT molecular complexity index is 1350. The molecule has 1 amide bonds. The van der Waals surface area contributed by atoms with Gasteiger partial charge in [-0.3, -0.25) is 4.79 Å². The Morgan fingerprint density at radius 2 is 1.62 bits per heavy atom. The van der Waals surface area contributed by atoms with Gasteiger partial charge in [0, 0.05) is 5.02 Å². The Balaban J connectivity index is 1.45. The third-order valence-electron chi connectivity index (χ3n) is 4.63. The lowest BCUT2D eigenvalue weighted by molar-refractivity contribution is 0.0736. The highest BCUT2D eigenvalue weighted by Crippen LogP contribution is 2.22. The van der Waals surface area contributed by atoms with Crippen LogP contribution in [0.5, 0.6) is 5.75 Å². The third-order valence-corrected chi connectivity index (χ3v) is 5.18. The van der Waals surface area contributed by atoms with Crippen molar-refractivity contribution in [2.24, 2.45) is 5.10 Å². The molecule has 32 heavy (non-hydrogen) atoms. The number of carbonyl (C=O) groups excluding carboxylic acids is 2. The molecule has 158 valence electrons. The molecule has 4 rings (SSSR count). The molecule has 0 saturated heterocycles. The number of esters is 1. The van der Waals surface area contributed by atoms with E-state index in [2.05, 4.69) is 10.5 Å². The Kier molecular flexibility index (Phi) is 6.50. The molecule has 0 unspecified atom stereocenters. The lowest BCUT2D eigenvalue weighted by Crippen LogP contribution is -2.18. The number of hydrogen-bond donors (Lipinski definition) is 1. The number of carbonyl (C=O) groups is 2. The number of amides is 1. The second-order valence-corrected chi connectivity index (χ2v) is 7.66. The molecular weight excluding hydrogens is 447 g/mol. The minimum Gasteiger partial charge on any atom is -0.423 e. The molecule has 0 atom stereocenters. The van der Waals surface area contributed by atoms with E-state index < -0.39 is 11.9 Å². The van der Waals surface area contributed by atoms with E-state index in [-0.39, 0.29) is 10.6 Å². The summed E-state index contributed by atoms with van der Waals surface area (Å²) in [6.45, 7) is 0. The zero-order chi connectivity index (χ0) is 22.5. The van der Waals surface area contributed by atoms with Crippen LogP contribution in [0, 0.1) is 0 Å². The summed E-state index contributed by atoms with van der Waals surface area (Å²) in [4.78, 5) is 24.9. The summed E-state index contributed by atoms with van der Waals surface area (Å²) in [5.74, 6) is -0.568. The van der Waals surface area contributed by atoms with E-state index in [0.717, 1.165) is 10.8 Å². The van der Waals surface area contributed by atoms with Crippen LogP contribution in [0.15, 0.2) is 90.0 Å². The largest absolute Gasteiger partial charge is 0.423 e. The minimum atomic E-state index is -0.471. The predicted molar refractivity (Wildman–Crippen MR) is 127 cm³/mol.